The first-order chi connectivity index (χ1) is 11.5. The average Bonchev–Trinajstić information content (AvgIpc) is 2.55. The summed E-state index contributed by atoms with van der Waals surface area (Å²) in [5, 5.41) is 11.2. The second-order valence-corrected chi connectivity index (χ2v) is 6.41. The van der Waals surface area contributed by atoms with Crippen LogP contribution in [0.4, 0.5) is 0 Å². The van der Waals surface area contributed by atoms with Gasteiger partial charge in [0.05, 0.1) is 6.61 Å². The lowest BCUT2D eigenvalue weighted by Gasteiger charge is -2.39. The maximum absolute atomic E-state index is 12.5. The van der Waals surface area contributed by atoms with Crippen molar-refractivity contribution in [2.75, 3.05) is 6.61 Å². The van der Waals surface area contributed by atoms with Gasteiger partial charge in [-0.05, 0) is 25.0 Å². The van der Waals surface area contributed by atoms with Gasteiger partial charge in [0.25, 0.3) is 0 Å². The number of hydrogen-bond acceptors (Lipinski definition) is 5. The molecule has 0 bridgehead atoms. The lowest BCUT2D eigenvalue weighted by atomic mass is 9.77. The van der Waals surface area contributed by atoms with E-state index < -0.39 is 17.7 Å². The van der Waals surface area contributed by atoms with Crippen LogP contribution in [0.2, 0.25) is 5.02 Å². The molecule has 0 amide bonds. The van der Waals surface area contributed by atoms with Crippen LogP contribution < -0.4 is 0 Å². The summed E-state index contributed by atoms with van der Waals surface area (Å²) in [6.45, 7) is 1.79. The molecule has 24 heavy (non-hydrogen) atoms. The largest absolute Gasteiger partial charge is 0.461 e. The molecule has 0 radical (unpaired) electrons. The highest BCUT2D eigenvalue weighted by atomic mass is 35.5. The Labute approximate surface area is 145 Å². The van der Waals surface area contributed by atoms with E-state index in [2.05, 4.69) is 0 Å². The highest BCUT2D eigenvalue weighted by Crippen LogP contribution is 2.46. The Morgan fingerprint density at radius 1 is 1.42 bits per heavy atom. The smallest absolute Gasteiger partial charge is 0.379 e. The topological polar surface area (TPSA) is 72.8 Å². The van der Waals surface area contributed by atoms with Gasteiger partial charge < -0.3 is 14.6 Å². The molecule has 1 N–H and O–H groups in total. The molecule has 0 spiro atoms. The van der Waals surface area contributed by atoms with Crippen molar-refractivity contribution < 1.29 is 24.2 Å². The van der Waals surface area contributed by atoms with Crippen LogP contribution in [0.15, 0.2) is 35.6 Å². The molecule has 128 valence electrons. The maximum atomic E-state index is 12.5. The van der Waals surface area contributed by atoms with Gasteiger partial charge in [-0.3, -0.25) is 4.79 Å². The number of rotatable bonds is 3. The normalized spacial score (nSPS) is 26.6. The van der Waals surface area contributed by atoms with E-state index in [-0.39, 0.29) is 18.8 Å². The van der Waals surface area contributed by atoms with E-state index in [1.165, 1.54) is 0 Å². The van der Waals surface area contributed by atoms with Crippen molar-refractivity contribution in [2.24, 2.45) is 0 Å². The van der Waals surface area contributed by atoms with Crippen molar-refractivity contribution in [3.8, 4) is 0 Å². The minimum Gasteiger partial charge on any atom is -0.461 e. The number of Topliss-reactive ketones (excluding diaryl/α,β-unsaturated/α-hetero) is 1. The number of esters is 1. The molecular formula is C18H19ClO5. The van der Waals surface area contributed by atoms with Gasteiger partial charge in [0, 0.05) is 35.8 Å². The van der Waals surface area contributed by atoms with Crippen LogP contribution in [0.25, 0.3) is 0 Å². The summed E-state index contributed by atoms with van der Waals surface area (Å²) in [7, 11) is 0. The summed E-state index contributed by atoms with van der Waals surface area (Å²) < 4.78 is 10.5. The molecule has 1 unspecified atom stereocenters. The fourth-order valence-electron chi connectivity index (χ4n) is 3.35. The fourth-order valence-corrected chi connectivity index (χ4v) is 3.61. The molecule has 0 aromatic heterocycles. The van der Waals surface area contributed by atoms with Gasteiger partial charge in [-0.25, -0.2) is 4.79 Å². The standard InChI is InChI=1S/C18H19ClO5/c1-2-23-17(21)18(22)10-12(11-6-3-4-7-13(11)19)16-14(20)8-5-9-15(16)24-18/h3-4,6-7,12,22H,2,5,8-10H2,1H3/t12-,18?/m0/s1. The molecular weight excluding hydrogens is 332 g/mol. The van der Waals surface area contributed by atoms with Gasteiger partial charge in [-0.15, -0.1) is 0 Å². The molecule has 2 atom stereocenters. The molecule has 1 aliphatic heterocycles. The molecule has 0 saturated carbocycles. The molecule has 5 nitrogen and oxygen atoms in total. The number of benzene rings is 1. The van der Waals surface area contributed by atoms with Crippen LogP contribution >= 0.6 is 11.6 Å². The summed E-state index contributed by atoms with van der Waals surface area (Å²) in [6, 6.07) is 7.13. The molecule has 6 heteroatoms. The minimum absolute atomic E-state index is 0.0212. The highest BCUT2D eigenvalue weighted by molar-refractivity contribution is 6.31. The van der Waals surface area contributed by atoms with Crippen LogP contribution in [0, 0.1) is 0 Å². The van der Waals surface area contributed by atoms with E-state index in [1.54, 1.807) is 25.1 Å². The van der Waals surface area contributed by atoms with Crippen molar-refractivity contribution in [1.82, 2.24) is 0 Å². The number of allylic oxidation sites excluding steroid dienone is 2. The zero-order valence-electron chi connectivity index (χ0n) is 13.4. The van der Waals surface area contributed by atoms with E-state index in [0.717, 1.165) is 0 Å². The summed E-state index contributed by atoms with van der Waals surface area (Å²) in [4.78, 5) is 24.7. The average molecular weight is 351 g/mol. The summed E-state index contributed by atoms with van der Waals surface area (Å²) in [6.07, 6.45) is 1.47. The third-order valence-corrected chi connectivity index (χ3v) is 4.75. The fraction of sp³-hybridized carbons (Fsp3) is 0.444. The number of carbonyl (C=O) groups excluding carboxylic acids is 2. The Morgan fingerprint density at radius 2 is 2.17 bits per heavy atom. The van der Waals surface area contributed by atoms with E-state index >= 15 is 0 Å². The Hall–Kier alpha value is -1.85. The minimum atomic E-state index is -2.10. The third-order valence-electron chi connectivity index (χ3n) is 4.40. The lowest BCUT2D eigenvalue weighted by molar-refractivity contribution is -0.224. The Bertz CT molecular complexity index is 711. The number of ether oxygens (including phenoxy) is 2. The van der Waals surface area contributed by atoms with Gasteiger partial charge in [0.2, 0.25) is 0 Å². The van der Waals surface area contributed by atoms with E-state index in [1.807, 2.05) is 6.07 Å². The molecule has 1 heterocycles. The molecule has 1 aromatic rings. The molecule has 1 aromatic carbocycles. The van der Waals surface area contributed by atoms with Gasteiger partial charge in [0.1, 0.15) is 5.76 Å². The van der Waals surface area contributed by atoms with Crippen molar-refractivity contribution in [1.29, 1.82) is 0 Å². The monoisotopic (exact) mass is 350 g/mol. The molecule has 0 saturated heterocycles. The van der Waals surface area contributed by atoms with Crippen LogP contribution in [-0.4, -0.2) is 29.3 Å². The molecule has 2 aliphatic rings. The van der Waals surface area contributed by atoms with Crippen LogP contribution in [0.5, 0.6) is 0 Å². The number of hydrogen-bond donors (Lipinski definition) is 1. The second kappa shape index (κ2) is 6.57. The number of halogens is 1. The predicted octanol–water partition coefficient (Wildman–Crippen LogP) is 3.10. The first-order valence-corrected chi connectivity index (χ1v) is 8.43. The van der Waals surface area contributed by atoms with E-state index in [0.29, 0.717) is 41.2 Å². The summed E-state index contributed by atoms with van der Waals surface area (Å²) in [5.41, 5.74) is 1.22. The van der Waals surface area contributed by atoms with Gasteiger partial charge in [-0.2, -0.15) is 0 Å². The second-order valence-electron chi connectivity index (χ2n) is 6.00. The van der Waals surface area contributed by atoms with Crippen molar-refractivity contribution in [3.05, 3.63) is 46.2 Å². The van der Waals surface area contributed by atoms with Gasteiger partial charge in [-0.1, -0.05) is 29.8 Å². The van der Waals surface area contributed by atoms with E-state index in [4.69, 9.17) is 21.1 Å². The quantitative estimate of drug-likeness (QED) is 0.848. The maximum Gasteiger partial charge on any atom is 0.379 e. The van der Waals surface area contributed by atoms with Gasteiger partial charge in [0.15, 0.2) is 5.78 Å². The Balaban J connectivity index is 2.08. The first kappa shape index (κ1) is 17.0. The lowest BCUT2D eigenvalue weighted by Crippen LogP contribution is -2.48. The van der Waals surface area contributed by atoms with E-state index in [9.17, 15) is 14.7 Å². The third kappa shape index (κ3) is 2.94. The number of ketones is 1. The first-order valence-electron chi connectivity index (χ1n) is 8.05. The van der Waals surface area contributed by atoms with Crippen LogP contribution in [-0.2, 0) is 19.1 Å². The number of carbonyl (C=O) groups is 2. The number of aliphatic hydroxyl groups is 1. The highest BCUT2D eigenvalue weighted by Gasteiger charge is 2.50. The molecule has 1 aliphatic carbocycles. The van der Waals surface area contributed by atoms with Crippen molar-refractivity contribution in [3.63, 3.8) is 0 Å². The van der Waals surface area contributed by atoms with Gasteiger partial charge >= 0.3 is 11.8 Å². The van der Waals surface area contributed by atoms with Crippen molar-refractivity contribution in [2.45, 2.75) is 44.3 Å². The Morgan fingerprint density at radius 3 is 2.88 bits per heavy atom. The SMILES string of the molecule is CCOC(=O)C1(O)C[C@@H](c2ccccc2Cl)C2=C(CCCC2=O)O1. The summed E-state index contributed by atoms with van der Waals surface area (Å²) in [5.74, 6) is -3.09. The zero-order chi connectivity index (χ0) is 17.3. The van der Waals surface area contributed by atoms with Crippen LogP contribution in [0.3, 0.4) is 0 Å². The summed E-state index contributed by atoms with van der Waals surface area (Å²) >= 11 is 6.30. The van der Waals surface area contributed by atoms with Crippen LogP contribution in [0.1, 0.15) is 44.1 Å². The zero-order valence-corrected chi connectivity index (χ0v) is 14.1. The molecule has 0 fully saturated rings. The molecule has 3 rings (SSSR count). The predicted molar refractivity (Wildman–Crippen MR) is 87.4 cm³/mol. The van der Waals surface area contributed by atoms with Crippen molar-refractivity contribution >= 4 is 23.4 Å². The Kier molecular flexibility index (Phi) is 4.65.